The Balaban J connectivity index is 2.02. The summed E-state index contributed by atoms with van der Waals surface area (Å²) < 4.78 is 0. The number of rotatable bonds is 4. The van der Waals surface area contributed by atoms with Crippen molar-refractivity contribution in [2.75, 3.05) is 6.26 Å². The van der Waals surface area contributed by atoms with E-state index in [4.69, 9.17) is 0 Å². The molecule has 3 aromatic rings. The monoisotopic (exact) mass is 304 g/mol. The zero-order chi connectivity index (χ0) is 15.4. The van der Waals surface area contributed by atoms with Crippen LogP contribution in [0.15, 0.2) is 83.8 Å². The van der Waals surface area contributed by atoms with Crippen LogP contribution in [0.3, 0.4) is 0 Å². The Morgan fingerprint density at radius 3 is 2.09 bits per heavy atom. The molecule has 0 fully saturated rings. The fraction of sp³-hybridized carbons (Fsp3) is 0.0500. The second kappa shape index (κ2) is 6.63. The van der Waals surface area contributed by atoms with Gasteiger partial charge in [-0.05, 0) is 41.6 Å². The van der Waals surface area contributed by atoms with Crippen molar-refractivity contribution in [3.8, 4) is 11.1 Å². The predicted octanol–water partition coefficient (Wildman–Crippen LogP) is 5.31. The first-order valence-corrected chi connectivity index (χ1v) is 8.35. The Morgan fingerprint density at radius 1 is 0.773 bits per heavy atom. The number of carbonyl (C=O) groups excluding carboxylic acids is 1. The molecule has 0 saturated carbocycles. The topological polar surface area (TPSA) is 17.1 Å². The number of hydrogen-bond acceptors (Lipinski definition) is 2. The normalized spacial score (nSPS) is 10.4. The van der Waals surface area contributed by atoms with E-state index in [0.29, 0.717) is 0 Å². The van der Waals surface area contributed by atoms with Crippen molar-refractivity contribution in [1.29, 1.82) is 0 Å². The van der Waals surface area contributed by atoms with Crippen LogP contribution in [0, 0.1) is 0 Å². The van der Waals surface area contributed by atoms with Crippen LogP contribution in [0.25, 0.3) is 11.1 Å². The van der Waals surface area contributed by atoms with Gasteiger partial charge in [0, 0.05) is 16.0 Å². The molecule has 0 aliphatic rings. The van der Waals surface area contributed by atoms with E-state index in [1.165, 1.54) is 0 Å². The summed E-state index contributed by atoms with van der Waals surface area (Å²) in [5, 5.41) is 0. The molecule has 3 rings (SSSR count). The van der Waals surface area contributed by atoms with Crippen molar-refractivity contribution in [2.45, 2.75) is 4.90 Å². The fourth-order valence-electron chi connectivity index (χ4n) is 2.45. The van der Waals surface area contributed by atoms with E-state index in [2.05, 4.69) is 0 Å². The molecule has 0 radical (unpaired) electrons. The van der Waals surface area contributed by atoms with Crippen LogP contribution in [0.5, 0.6) is 0 Å². The molecule has 2 heteroatoms. The molecular formula is C20H16OS. The molecule has 22 heavy (non-hydrogen) atoms. The quantitative estimate of drug-likeness (QED) is 0.480. The summed E-state index contributed by atoms with van der Waals surface area (Å²) in [7, 11) is 0. The Kier molecular flexibility index (Phi) is 4.40. The highest BCUT2D eigenvalue weighted by atomic mass is 32.2. The summed E-state index contributed by atoms with van der Waals surface area (Å²) in [5.74, 6) is 0.0621. The molecule has 0 amide bonds. The molecule has 0 aliphatic heterocycles. The summed E-state index contributed by atoms with van der Waals surface area (Å²) in [6.45, 7) is 0. The van der Waals surface area contributed by atoms with Gasteiger partial charge in [-0.25, -0.2) is 0 Å². The molecule has 108 valence electrons. The summed E-state index contributed by atoms with van der Waals surface area (Å²) in [5.41, 5.74) is 3.50. The lowest BCUT2D eigenvalue weighted by atomic mass is 9.94. The lowest BCUT2D eigenvalue weighted by Crippen LogP contribution is -2.03. The van der Waals surface area contributed by atoms with Gasteiger partial charge in [-0.2, -0.15) is 0 Å². The molecule has 0 bridgehead atoms. The van der Waals surface area contributed by atoms with Crippen LogP contribution in [0.1, 0.15) is 15.9 Å². The number of benzene rings is 3. The number of thioether (sulfide) groups is 1. The van der Waals surface area contributed by atoms with Crippen LogP contribution in [-0.4, -0.2) is 12.0 Å². The smallest absolute Gasteiger partial charge is 0.193 e. The first-order valence-electron chi connectivity index (χ1n) is 7.13. The van der Waals surface area contributed by atoms with Gasteiger partial charge in [-0.3, -0.25) is 4.79 Å². The fourth-order valence-corrected chi connectivity index (χ4v) is 2.86. The number of ketones is 1. The standard InChI is InChI=1S/C20H16OS/c1-22-17-13-11-16(12-14-17)20(21)19-10-6-5-9-18(19)15-7-3-2-4-8-15/h2-14H,1H3. The highest BCUT2D eigenvalue weighted by molar-refractivity contribution is 7.98. The minimum absolute atomic E-state index is 0.0621. The summed E-state index contributed by atoms with van der Waals surface area (Å²) in [4.78, 5) is 14.0. The molecule has 0 heterocycles. The first kappa shape index (κ1) is 14.6. The van der Waals surface area contributed by atoms with E-state index in [1.807, 2.05) is 85.1 Å². The largest absolute Gasteiger partial charge is 0.289 e. The zero-order valence-electron chi connectivity index (χ0n) is 12.3. The van der Waals surface area contributed by atoms with Crippen molar-refractivity contribution >= 4 is 17.5 Å². The van der Waals surface area contributed by atoms with Gasteiger partial charge >= 0.3 is 0 Å². The maximum Gasteiger partial charge on any atom is 0.193 e. The van der Waals surface area contributed by atoms with Crippen LogP contribution in [0.4, 0.5) is 0 Å². The molecule has 0 unspecified atom stereocenters. The van der Waals surface area contributed by atoms with Gasteiger partial charge in [-0.15, -0.1) is 11.8 Å². The lowest BCUT2D eigenvalue weighted by Gasteiger charge is -2.09. The van der Waals surface area contributed by atoms with E-state index in [-0.39, 0.29) is 5.78 Å². The van der Waals surface area contributed by atoms with Gasteiger partial charge in [0.25, 0.3) is 0 Å². The van der Waals surface area contributed by atoms with E-state index in [1.54, 1.807) is 11.8 Å². The molecule has 0 aromatic heterocycles. The Bertz CT molecular complexity index is 776. The van der Waals surface area contributed by atoms with Crippen molar-refractivity contribution < 1.29 is 4.79 Å². The minimum Gasteiger partial charge on any atom is -0.289 e. The molecule has 1 nitrogen and oxygen atoms in total. The van der Waals surface area contributed by atoms with Crippen molar-refractivity contribution in [1.82, 2.24) is 0 Å². The SMILES string of the molecule is CSc1ccc(C(=O)c2ccccc2-c2ccccc2)cc1. The number of hydrogen-bond donors (Lipinski definition) is 0. The Hall–Kier alpha value is -2.32. The van der Waals surface area contributed by atoms with Crippen LogP contribution in [-0.2, 0) is 0 Å². The van der Waals surface area contributed by atoms with E-state index in [0.717, 1.165) is 27.1 Å². The van der Waals surface area contributed by atoms with Gasteiger partial charge in [0.05, 0.1) is 0 Å². The predicted molar refractivity (Wildman–Crippen MR) is 93.5 cm³/mol. The molecule has 3 aromatic carbocycles. The molecule has 0 N–H and O–H groups in total. The second-order valence-corrected chi connectivity index (χ2v) is 5.85. The molecule has 0 spiro atoms. The van der Waals surface area contributed by atoms with Crippen LogP contribution < -0.4 is 0 Å². The first-order chi connectivity index (χ1) is 10.8. The van der Waals surface area contributed by atoms with E-state index in [9.17, 15) is 4.79 Å². The van der Waals surface area contributed by atoms with Gasteiger partial charge in [0.1, 0.15) is 0 Å². The van der Waals surface area contributed by atoms with Crippen molar-refractivity contribution in [2.24, 2.45) is 0 Å². The molecular weight excluding hydrogens is 288 g/mol. The van der Waals surface area contributed by atoms with Crippen LogP contribution in [0.2, 0.25) is 0 Å². The maximum atomic E-state index is 12.8. The van der Waals surface area contributed by atoms with Gasteiger partial charge in [0.2, 0.25) is 0 Å². The average Bonchev–Trinajstić information content (AvgIpc) is 2.62. The summed E-state index contributed by atoms with van der Waals surface area (Å²) >= 11 is 1.67. The van der Waals surface area contributed by atoms with Gasteiger partial charge < -0.3 is 0 Å². The zero-order valence-corrected chi connectivity index (χ0v) is 13.1. The third-order valence-corrected chi connectivity index (χ3v) is 4.35. The number of carbonyl (C=O) groups is 1. The highest BCUT2D eigenvalue weighted by Gasteiger charge is 2.14. The van der Waals surface area contributed by atoms with Crippen molar-refractivity contribution in [3.63, 3.8) is 0 Å². The molecule has 0 atom stereocenters. The summed E-state index contributed by atoms with van der Waals surface area (Å²) in [6, 6.07) is 25.6. The average molecular weight is 304 g/mol. The Labute approximate surface area is 135 Å². The van der Waals surface area contributed by atoms with Crippen LogP contribution >= 0.6 is 11.8 Å². The maximum absolute atomic E-state index is 12.8. The lowest BCUT2D eigenvalue weighted by molar-refractivity contribution is 0.103. The van der Waals surface area contributed by atoms with Crippen molar-refractivity contribution in [3.05, 3.63) is 90.0 Å². The van der Waals surface area contributed by atoms with E-state index < -0.39 is 0 Å². The molecule has 0 saturated heterocycles. The van der Waals surface area contributed by atoms with Gasteiger partial charge in [0.15, 0.2) is 5.78 Å². The Morgan fingerprint density at radius 2 is 1.41 bits per heavy atom. The third-order valence-electron chi connectivity index (χ3n) is 3.61. The third kappa shape index (κ3) is 2.97. The summed E-state index contributed by atoms with van der Waals surface area (Å²) in [6.07, 6.45) is 2.03. The minimum atomic E-state index is 0.0621. The molecule has 0 aliphatic carbocycles. The second-order valence-electron chi connectivity index (χ2n) is 4.97. The van der Waals surface area contributed by atoms with Gasteiger partial charge in [-0.1, -0.05) is 54.6 Å². The van der Waals surface area contributed by atoms with E-state index >= 15 is 0 Å². The highest BCUT2D eigenvalue weighted by Crippen LogP contribution is 2.26.